The van der Waals surface area contributed by atoms with Crippen LogP contribution in [-0.4, -0.2) is 183 Å². The van der Waals surface area contributed by atoms with Gasteiger partial charge in [0.1, 0.15) is 66.0 Å². The Labute approximate surface area is 765 Å². The number of carboxylic acids is 1. The van der Waals surface area contributed by atoms with E-state index in [9.17, 15) is 77.2 Å². The van der Waals surface area contributed by atoms with Gasteiger partial charge in [0.25, 0.3) is 11.8 Å². The summed E-state index contributed by atoms with van der Waals surface area (Å²) in [5.74, 6) is -5.69. The average Bonchev–Trinajstić information content (AvgIpc) is 1.68. The van der Waals surface area contributed by atoms with Crippen molar-refractivity contribution in [1.29, 1.82) is 5.26 Å². The Bertz CT molecular complexity index is 5300. The molecule has 14 amide bonds. The molecule has 8 fully saturated rings. The number of fused-ring (bicyclic) bond motifs is 3. The molecule has 23 N–H and O–H groups in total. The lowest BCUT2D eigenvalue weighted by Gasteiger charge is -2.27. The number of aromatic nitrogens is 3. The number of amides is 14. The predicted molar refractivity (Wildman–Crippen MR) is 483 cm³/mol. The molecule has 7 aromatic rings. The number of ether oxygens (including phenoxy) is 1. The molecule has 4 aliphatic heterocycles. The van der Waals surface area contributed by atoms with Crippen molar-refractivity contribution < 1.29 is 81.8 Å². The Balaban J connectivity index is 0.000000161. The minimum atomic E-state index is -0.986. The number of aromatic carboxylic acids is 1. The van der Waals surface area contributed by atoms with Gasteiger partial charge in [0.05, 0.1) is 12.1 Å². The van der Waals surface area contributed by atoms with E-state index in [1.165, 1.54) is 0 Å². The Morgan fingerprint density at radius 2 is 0.731 bits per heavy atom. The number of H-pyrrole nitrogens is 3. The highest BCUT2D eigenvalue weighted by atomic mass is 35.5. The number of alkyl carbamates (subject to hydrolysis) is 1. The third-order valence-electron chi connectivity index (χ3n) is 24.1. The predicted octanol–water partition coefficient (Wildman–Crippen LogP) is 6.74. The van der Waals surface area contributed by atoms with Crippen LogP contribution in [-0.2, 0) is 64.1 Å². The van der Waals surface area contributed by atoms with Crippen molar-refractivity contribution in [3.63, 3.8) is 0 Å². The molecule has 7 heterocycles. The number of piperidine rings is 4. The van der Waals surface area contributed by atoms with Crippen LogP contribution < -0.4 is 81.4 Å². The van der Waals surface area contributed by atoms with Gasteiger partial charge in [-0.1, -0.05) is 135 Å². The van der Waals surface area contributed by atoms with Crippen LogP contribution in [0.5, 0.6) is 0 Å². The molecular formula is C91H114Cl3N19O17. The van der Waals surface area contributed by atoms with Gasteiger partial charge in [-0.25, -0.2) is 9.59 Å². The molecule has 696 valence electrons. The van der Waals surface area contributed by atoms with Gasteiger partial charge in [-0.2, -0.15) is 5.26 Å². The number of nitrogens with zero attached hydrogens (tertiary/aromatic N) is 1. The summed E-state index contributed by atoms with van der Waals surface area (Å²) in [5, 5.41) is 52.4. The third-order valence-corrected chi connectivity index (χ3v) is 24.8. The Morgan fingerprint density at radius 1 is 0.400 bits per heavy atom. The molecule has 3 aromatic heterocycles. The number of carbonyl (C=O) groups excluding carboxylic acids is 14. The van der Waals surface area contributed by atoms with Crippen molar-refractivity contribution in [2.45, 2.75) is 209 Å². The standard InChI is InChI=1S/C23H28ClN5O4.C23H26ClN5O3.C22H30N4O5.C14H24N4O3.C9H6ClNO2/c24-15-6-5-13-9-19(27-16(13)11-15)23(33)29-18(8-12-3-4-12)22(32)28-17(20(25)30)10-14-2-1-7-26-21(14)31;24-16-6-5-14-10-20(28-18(14)11-16)23(32)29-19(8-13-3-4-13)22(31)27-17(12-25)9-15-2-1-7-26-21(15)30;23-19(27)17(12-16-7-4-10-24-20(16)28)25-21(29)18(11-14-8-9-14)26-22(30)31-13-15-5-2-1-3-6-15;15-10(6-8-3-4-8)14(21)18-11(12(16)19)7-9-2-1-5-17-13(9)20;10-6-2-1-5-3-8(9(12)13)11-7(5)4-6/h5-6,9,11-12,14,17-18,27H,1-4,7-8,10H2,(H2,25,30)(H,26,31)(H,28,32)(H,29,33);5-6,10-11,13,15,17,19,28H,1-4,7-9H2,(H,26,30)(H,27,31)(H,29,32);1-3,5-6,14,16-18H,4,7-13H2,(H2,23,27)(H,24,28)(H,25,29)(H,26,30);8-11H,1-7,15H2,(H2,16,19)(H,17,20)(H,18,21);1-4,11H,(H,12,13)/t14-,17-,18-;15-,17-,19-;16-,17-,18-;9-,10-,11-;/m0000./s1. The third kappa shape index (κ3) is 31.0. The lowest BCUT2D eigenvalue weighted by Crippen LogP contribution is -2.54. The highest BCUT2D eigenvalue weighted by molar-refractivity contribution is 6.32. The largest absolute Gasteiger partial charge is 0.477 e. The molecule has 0 radical (unpaired) electrons. The number of nitrogens with two attached hydrogens (primary N) is 4. The molecule has 0 unspecified atom stereocenters. The number of aromatic amines is 3. The van der Waals surface area contributed by atoms with Gasteiger partial charge in [0.15, 0.2) is 0 Å². The summed E-state index contributed by atoms with van der Waals surface area (Å²) in [4.78, 5) is 192. The summed E-state index contributed by atoms with van der Waals surface area (Å²) in [6.45, 7) is 2.62. The number of hydrogen-bond donors (Lipinski definition) is 19. The van der Waals surface area contributed by atoms with E-state index < -0.39 is 108 Å². The van der Waals surface area contributed by atoms with E-state index in [0.717, 1.165) is 115 Å². The van der Waals surface area contributed by atoms with E-state index in [2.05, 4.69) is 79.5 Å². The molecule has 0 bridgehead atoms. The maximum absolute atomic E-state index is 13.1. The zero-order valence-electron chi connectivity index (χ0n) is 71.9. The first-order chi connectivity index (χ1) is 62.3. The Morgan fingerprint density at radius 3 is 1.08 bits per heavy atom. The minimum absolute atomic E-state index is 0.0764. The molecule has 4 aromatic carbocycles. The highest BCUT2D eigenvalue weighted by Gasteiger charge is 2.40. The number of hydrogen-bond acceptors (Lipinski definition) is 18. The van der Waals surface area contributed by atoms with Crippen LogP contribution in [0.2, 0.25) is 15.1 Å². The number of nitriles is 1. The summed E-state index contributed by atoms with van der Waals surface area (Å²) in [5.41, 5.74) is 26.0. The van der Waals surface area contributed by atoms with Gasteiger partial charge in [0.2, 0.25) is 65.0 Å². The van der Waals surface area contributed by atoms with Crippen molar-refractivity contribution in [2.24, 2.45) is 70.3 Å². The number of benzene rings is 4. The van der Waals surface area contributed by atoms with E-state index in [4.69, 9.17) is 67.6 Å². The van der Waals surface area contributed by atoms with Crippen molar-refractivity contribution >= 4 is 156 Å². The second-order valence-electron chi connectivity index (χ2n) is 34.7. The summed E-state index contributed by atoms with van der Waals surface area (Å²) in [6, 6.07) is 25.5. The lowest BCUT2D eigenvalue weighted by atomic mass is 9.91. The smallest absolute Gasteiger partial charge is 0.408 e. The van der Waals surface area contributed by atoms with E-state index in [0.29, 0.717) is 128 Å². The average molecular weight is 1850 g/mol. The molecule has 15 rings (SSSR count). The van der Waals surface area contributed by atoms with E-state index in [-0.39, 0.29) is 91.2 Å². The molecular weight excluding hydrogens is 1740 g/mol. The summed E-state index contributed by atoms with van der Waals surface area (Å²) in [7, 11) is 0. The number of rotatable bonds is 35. The molecule has 12 atom stereocenters. The van der Waals surface area contributed by atoms with Gasteiger partial charge in [-0.15, -0.1) is 0 Å². The summed E-state index contributed by atoms with van der Waals surface area (Å²) in [6.07, 6.45) is 16.5. The number of carboxylic acid groups (broad SMARTS) is 1. The maximum atomic E-state index is 13.1. The molecule has 36 nitrogen and oxygen atoms in total. The number of carbonyl (C=O) groups is 15. The lowest BCUT2D eigenvalue weighted by molar-refractivity contribution is -0.131. The number of primary amides is 3. The van der Waals surface area contributed by atoms with Gasteiger partial charge in [-0.3, -0.25) is 62.3 Å². The molecule has 4 saturated heterocycles. The Hall–Kier alpha value is -12.3. The Kier molecular flexibility index (Phi) is 35.8. The van der Waals surface area contributed by atoms with Crippen LogP contribution in [0.1, 0.15) is 191 Å². The van der Waals surface area contributed by atoms with E-state index >= 15 is 0 Å². The fourth-order valence-corrected chi connectivity index (χ4v) is 16.5. The van der Waals surface area contributed by atoms with E-state index in [1.54, 1.807) is 66.7 Å². The molecule has 130 heavy (non-hydrogen) atoms. The van der Waals surface area contributed by atoms with Crippen LogP contribution in [0.25, 0.3) is 32.7 Å². The second kappa shape index (κ2) is 47.3. The van der Waals surface area contributed by atoms with Gasteiger partial charge in [0, 0.05) is 97.6 Å². The summed E-state index contributed by atoms with van der Waals surface area (Å²) < 4.78 is 5.22. The first kappa shape index (κ1) is 98.3. The monoisotopic (exact) mass is 1850 g/mol. The van der Waals surface area contributed by atoms with Crippen molar-refractivity contribution in [3.8, 4) is 6.07 Å². The minimum Gasteiger partial charge on any atom is -0.477 e. The zero-order valence-corrected chi connectivity index (χ0v) is 74.2. The number of halogens is 3. The van der Waals surface area contributed by atoms with Crippen LogP contribution in [0.4, 0.5) is 4.79 Å². The molecule has 0 spiro atoms. The zero-order chi connectivity index (χ0) is 93.2. The molecule has 39 heteroatoms. The van der Waals surface area contributed by atoms with E-state index in [1.807, 2.05) is 36.4 Å². The fraction of sp³-hybridized carbons (Fsp3) is 0.495. The topological polar surface area (TPSA) is 593 Å². The summed E-state index contributed by atoms with van der Waals surface area (Å²) >= 11 is 17.8. The maximum Gasteiger partial charge on any atom is 0.408 e. The van der Waals surface area contributed by atoms with Gasteiger partial charge < -0.3 is 106 Å². The van der Waals surface area contributed by atoms with Crippen molar-refractivity contribution in [1.82, 2.24) is 73.4 Å². The van der Waals surface area contributed by atoms with Crippen LogP contribution in [0, 0.1) is 58.7 Å². The quantitative estimate of drug-likeness (QED) is 0.0195. The number of nitrogens with one attached hydrogen (secondary N) is 14. The first-order valence-corrected chi connectivity index (χ1v) is 45.4. The molecule has 4 saturated carbocycles. The second-order valence-corrected chi connectivity index (χ2v) is 36.0. The van der Waals surface area contributed by atoms with Crippen molar-refractivity contribution in [2.75, 3.05) is 26.2 Å². The SMILES string of the molecule is N#C[C@H](C[C@@H]1CCCNC1=O)NC(=O)[C@H](CC1CC1)NC(=O)c1cc2ccc(Cl)cc2[nH]1.NC(=O)[C@H](C[C@@H]1CCCNC1=O)NC(=O)[C@@H](N)CC1CC1.NC(=O)[C@H](C[C@@H]1CCCNC1=O)NC(=O)[C@H](CC1CC1)NC(=O)OCc1ccccc1.NC(=O)[C@H](C[C@@H]1CCCNC1=O)NC(=O)[C@H](CC1CC1)NC(=O)c1cc2ccc(Cl)cc2[nH]1.O=C(O)c1cc2ccc(Cl)cc2[nH]1. The van der Waals surface area contributed by atoms with Crippen molar-refractivity contribution in [3.05, 3.63) is 141 Å². The normalized spacial score (nSPS) is 19.9. The van der Waals surface area contributed by atoms with Crippen LogP contribution in [0.15, 0.2) is 103 Å². The first-order valence-electron chi connectivity index (χ1n) is 44.3. The van der Waals surface area contributed by atoms with Crippen LogP contribution >= 0.6 is 34.8 Å². The van der Waals surface area contributed by atoms with Gasteiger partial charge in [-0.05, 0) is 187 Å². The molecule has 8 aliphatic rings. The van der Waals surface area contributed by atoms with Gasteiger partial charge >= 0.3 is 12.1 Å². The van der Waals surface area contributed by atoms with Crippen LogP contribution in [0.3, 0.4) is 0 Å². The fourth-order valence-electron chi connectivity index (χ4n) is 16.0. The highest BCUT2D eigenvalue weighted by Crippen LogP contribution is 2.37. The molecule has 4 aliphatic carbocycles.